The number of ether oxygens (including phenoxy) is 3. The SMILES string of the molecule is COc1ccc(Cl)cc1C(=O)N1CCC(C2OCCO2)CC1. The first-order valence-electron chi connectivity index (χ1n) is 7.55. The predicted octanol–water partition coefficient (Wildman–Crippen LogP) is 2.57. The monoisotopic (exact) mass is 325 g/mol. The average Bonchev–Trinajstić information content (AvgIpc) is 3.09. The first-order chi connectivity index (χ1) is 10.7. The molecule has 22 heavy (non-hydrogen) atoms. The van der Waals surface area contributed by atoms with Gasteiger partial charge < -0.3 is 19.1 Å². The normalized spacial score (nSPS) is 20.4. The summed E-state index contributed by atoms with van der Waals surface area (Å²) < 4.78 is 16.4. The van der Waals surface area contributed by atoms with Crippen LogP contribution in [0.3, 0.4) is 0 Å². The second-order valence-corrected chi connectivity index (χ2v) is 6.02. The number of hydrogen-bond donors (Lipinski definition) is 0. The zero-order valence-corrected chi connectivity index (χ0v) is 13.3. The van der Waals surface area contributed by atoms with Crippen LogP contribution in [-0.4, -0.2) is 50.5 Å². The van der Waals surface area contributed by atoms with Gasteiger partial charge in [0.2, 0.25) is 0 Å². The molecule has 6 heteroatoms. The van der Waals surface area contributed by atoms with Crippen molar-refractivity contribution in [2.45, 2.75) is 19.1 Å². The topological polar surface area (TPSA) is 48.0 Å². The van der Waals surface area contributed by atoms with E-state index in [1.54, 1.807) is 25.3 Å². The molecule has 1 aromatic rings. The lowest BCUT2D eigenvalue weighted by atomic mass is 9.95. The van der Waals surface area contributed by atoms with Crippen LogP contribution in [0, 0.1) is 5.92 Å². The first kappa shape index (κ1) is 15.6. The largest absolute Gasteiger partial charge is 0.496 e. The average molecular weight is 326 g/mol. The van der Waals surface area contributed by atoms with E-state index in [-0.39, 0.29) is 12.2 Å². The fourth-order valence-electron chi connectivity index (χ4n) is 3.04. The Morgan fingerprint density at radius 3 is 2.59 bits per heavy atom. The Labute approximate surface area is 135 Å². The van der Waals surface area contributed by atoms with Gasteiger partial charge >= 0.3 is 0 Å². The zero-order chi connectivity index (χ0) is 15.5. The van der Waals surface area contributed by atoms with E-state index < -0.39 is 0 Å². The molecule has 2 saturated heterocycles. The predicted molar refractivity (Wildman–Crippen MR) is 82.3 cm³/mol. The maximum absolute atomic E-state index is 12.7. The van der Waals surface area contributed by atoms with Crippen LogP contribution in [0.1, 0.15) is 23.2 Å². The highest BCUT2D eigenvalue weighted by Crippen LogP contribution is 2.29. The number of amides is 1. The Morgan fingerprint density at radius 2 is 1.95 bits per heavy atom. The summed E-state index contributed by atoms with van der Waals surface area (Å²) in [4.78, 5) is 14.5. The van der Waals surface area contributed by atoms with Gasteiger partial charge in [-0.15, -0.1) is 0 Å². The number of piperidine rings is 1. The maximum atomic E-state index is 12.7. The molecule has 2 aliphatic heterocycles. The Kier molecular flexibility index (Phi) is 4.86. The molecule has 0 spiro atoms. The molecule has 3 rings (SSSR count). The summed E-state index contributed by atoms with van der Waals surface area (Å²) in [5.41, 5.74) is 0.516. The standard InChI is InChI=1S/C16H20ClNO4/c1-20-14-3-2-12(17)10-13(14)15(19)18-6-4-11(5-7-18)16-21-8-9-22-16/h2-3,10-11,16H,4-9H2,1H3. The molecule has 0 atom stereocenters. The van der Waals surface area contributed by atoms with Crippen molar-refractivity contribution in [2.24, 2.45) is 5.92 Å². The van der Waals surface area contributed by atoms with Gasteiger partial charge in [0.25, 0.3) is 5.91 Å². The molecule has 0 unspecified atom stereocenters. The molecule has 2 fully saturated rings. The van der Waals surface area contributed by atoms with E-state index >= 15 is 0 Å². The van der Waals surface area contributed by atoms with Crippen molar-refractivity contribution in [3.63, 3.8) is 0 Å². The van der Waals surface area contributed by atoms with Crippen molar-refractivity contribution in [3.8, 4) is 5.75 Å². The Hall–Kier alpha value is -1.30. The minimum absolute atomic E-state index is 0.0361. The number of carbonyl (C=O) groups is 1. The molecule has 0 bridgehead atoms. The van der Waals surface area contributed by atoms with Crippen molar-refractivity contribution in [3.05, 3.63) is 28.8 Å². The van der Waals surface area contributed by atoms with Crippen molar-refractivity contribution >= 4 is 17.5 Å². The highest BCUT2D eigenvalue weighted by Gasteiger charge is 2.32. The minimum atomic E-state index is -0.0991. The van der Waals surface area contributed by atoms with E-state index in [9.17, 15) is 4.79 Å². The maximum Gasteiger partial charge on any atom is 0.257 e. The molecule has 5 nitrogen and oxygen atoms in total. The first-order valence-corrected chi connectivity index (χ1v) is 7.93. The van der Waals surface area contributed by atoms with Gasteiger partial charge in [-0.25, -0.2) is 0 Å². The molecule has 0 radical (unpaired) electrons. The number of hydrogen-bond acceptors (Lipinski definition) is 4. The molecule has 1 amide bonds. The molecule has 0 aromatic heterocycles. The molecule has 0 N–H and O–H groups in total. The summed E-state index contributed by atoms with van der Waals surface area (Å²) >= 11 is 6.01. The van der Waals surface area contributed by atoms with Crippen LogP contribution in [0.4, 0.5) is 0 Å². The van der Waals surface area contributed by atoms with Crippen LogP contribution < -0.4 is 4.74 Å². The van der Waals surface area contributed by atoms with Crippen LogP contribution in [-0.2, 0) is 9.47 Å². The molecule has 2 heterocycles. The summed E-state index contributed by atoms with van der Waals surface area (Å²) in [5, 5.41) is 0.534. The van der Waals surface area contributed by atoms with Gasteiger partial charge in [-0.1, -0.05) is 11.6 Å². The van der Waals surface area contributed by atoms with Crippen LogP contribution in [0.15, 0.2) is 18.2 Å². The molecule has 0 saturated carbocycles. The van der Waals surface area contributed by atoms with Gasteiger partial charge in [0.15, 0.2) is 6.29 Å². The van der Waals surface area contributed by atoms with E-state index in [0.29, 0.717) is 48.6 Å². The van der Waals surface area contributed by atoms with Crippen molar-refractivity contribution in [1.29, 1.82) is 0 Å². The Balaban J connectivity index is 1.65. The third kappa shape index (κ3) is 3.21. The number of halogens is 1. The molecule has 2 aliphatic rings. The van der Waals surface area contributed by atoms with E-state index in [4.69, 9.17) is 25.8 Å². The minimum Gasteiger partial charge on any atom is -0.496 e. The molecular weight excluding hydrogens is 306 g/mol. The molecular formula is C16H20ClNO4. The number of rotatable bonds is 3. The lowest BCUT2D eigenvalue weighted by Gasteiger charge is -2.34. The Morgan fingerprint density at radius 1 is 1.27 bits per heavy atom. The molecule has 1 aromatic carbocycles. The summed E-state index contributed by atoms with van der Waals surface area (Å²) in [6.07, 6.45) is 1.68. The summed E-state index contributed by atoms with van der Waals surface area (Å²) in [6, 6.07) is 5.11. The smallest absolute Gasteiger partial charge is 0.257 e. The van der Waals surface area contributed by atoms with E-state index in [2.05, 4.69) is 0 Å². The van der Waals surface area contributed by atoms with Gasteiger partial charge in [0.05, 0.1) is 25.9 Å². The number of likely N-dealkylation sites (tertiary alicyclic amines) is 1. The summed E-state index contributed by atoms with van der Waals surface area (Å²) in [7, 11) is 1.56. The number of carbonyl (C=O) groups excluding carboxylic acids is 1. The highest BCUT2D eigenvalue weighted by molar-refractivity contribution is 6.31. The van der Waals surface area contributed by atoms with Crippen LogP contribution in [0.2, 0.25) is 5.02 Å². The highest BCUT2D eigenvalue weighted by atomic mass is 35.5. The van der Waals surface area contributed by atoms with Crippen LogP contribution >= 0.6 is 11.6 Å². The van der Waals surface area contributed by atoms with Crippen molar-refractivity contribution < 1.29 is 19.0 Å². The fraction of sp³-hybridized carbons (Fsp3) is 0.562. The quantitative estimate of drug-likeness (QED) is 0.857. The lowest BCUT2D eigenvalue weighted by molar-refractivity contribution is -0.0956. The van der Waals surface area contributed by atoms with Crippen molar-refractivity contribution in [1.82, 2.24) is 4.90 Å². The summed E-state index contributed by atoms with van der Waals surface area (Å²) in [6.45, 7) is 2.73. The number of methoxy groups -OCH3 is 1. The second kappa shape index (κ2) is 6.86. The number of benzene rings is 1. The zero-order valence-electron chi connectivity index (χ0n) is 12.6. The lowest BCUT2D eigenvalue weighted by Crippen LogP contribution is -2.41. The Bertz CT molecular complexity index is 537. The van der Waals surface area contributed by atoms with E-state index in [1.165, 1.54) is 0 Å². The van der Waals surface area contributed by atoms with Crippen LogP contribution in [0.25, 0.3) is 0 Å². The third-order valence-electron chi connectivity index (χ3n) is 4.25. The van der Waals surface area contributed by atoms with Crippen molar-refractivity contribution in [2.75, 3.05) is 33.4 Å². The number of nitrogens with zero attached hydrogens (tertiary/aromatic N) is 1. The third-order valence-corrected chi connectivity index (χ3v) is 4.49. The van der Waals surface area contributed by atoms with Gasteiger partial charge in [-0.2, -0.15) is 0 Å². The van der Waals surface area contributed by atoms with Gasteiger partial charge in [0, 0.05) is 24.0 Å². The molecule has 120 valence electrons. The molecule has 0 aliphatic carbocycles. The fourth-order valence-corrected chi connectivity index (χ4v) is 3.21. The second-order valence-electron chi connectivity index (χ2n) is 5.58. The van der Waals surface area contributed by atoms with Gasteiger partial charge in [-0.05, 0) is 31.0 Å². The summed E-state index contributed by atoms with van der Waals surface area (Å²) in [5.74, 6) is 0.887. The van der Waals surface area contributed by atoms with E-state index in [0.717, 1.165) is 12.8 Å². The van der Waals surface area contributed by atoms with Gasteiger partial charge in [-0.3, -0.25) is 4.79 Å². The van der Waals surface area contributed by atoms with E-state index in [1.807, 2.05) is 4.90 Å². The van der Waals surface area contributed by atoms with Gasteiger partial charge in [0.1, 0.15) is 5.75 Å². The van der Waals surface area contributed by atoms with Crippen LogP contribution in [0.5, 0.6) is 5.75 Å².